The first-order chi connectivity index (χ1) is 15.9. The smallest absolute Gasteiger partial charge is 0.407 e. The predicted octanol–water partition coefficient (Wildman–Crippen LogP) is 5.08. The van der Waals surface area contributed by atoms with Gasteiger partial charge in [0.2, 0.25) is 0 Å². The zero-order valence-corrected chi connectivity index (χ0v) is 18.8. The van der Waals surface area contributed by atoms with Gasteiger partial charge < -0.3 is 25.4 Å². The molecule has 172 valence electrons. The Morgan fingerprint density at radius 2 is 1.76 bits per heavy atom. The average molecular weight is 450 g/mol. The summed E-state index contributed by atoms with van der Waals surface area (Å²) in [4.78, 5) is 24.7. The molecule has 0 fully saturated rings. The number of ether oxygens (including phenoxy) is 2. The number of rotatable bonds is 9. The summed E-state index contributed by atoms with van der Waals surface area (Å²) in [6.45, 7) is 3.77. The van der Waals surface area contributed by atoms with Gasteiger partial charge in [-0.05, 0) is 42.7 Å². The van der Waals surface area contributed by atoms with E-state index in [1.165, 1.54) is 7.11 Å². The number of hydrogen-bond acceptors (Lipinski definition) is 6. The second-order valence-electron chi connectivity index (χ2n) is 7.13. The second kappa shape index (κ2) is 12.6. The third-order valence-corrected chi connectivity index (χ3v) is 4.88. The van der Waals surface area contributed by atoms with Crippen LogP contribution in [0.2, 0.25) is 0 Å². The summed E-state index contributed by atoms with van der Waals surface area (Å²) < 4.78 is 10.5. The Labute approximate surface area is 193 Å². The van der Waals surface area contributed by atoms with Crippen LogP contribution >= 0.6 is 0 Å². The molecular formula is C24H27N5O4. The van der Waals surface area contributed by atoms with Gasteiger partial charge >= 0.3 is 12.1 Å². The average Bonchev–Trinajstić information content (AvgIpc) is 2.82. The van der Waals surface area contributed by atoms with E-state index in [2.05, 4.69) is 16.0 Å². The van der Waals surface area contributed by atoms with Gasteiger partial charge in [-0.2, -0.15) is 10.5 Å². The van der Waals surface area contributed by atoms with Crippen molar-refractivity contribution in [3.05, 3.63) is 53.6 Å². The predicted molar refractivity (Wildman–Crippen MR) is 124 cm³/mol. The molecule has 2 aromatic rings. The van der Waals surface area contributed by atoms with E-state index in [0.717, 1.165) is 5.56 Å². The van der Waals surface area contributed by atoms with E-state index in [1.54, 1.807) is 36.4 Å². The quantitative estimate of drug-likeness (QED) is 0.488. The lowest BCUT2D eigenvalue weighted by molar-refractivity contribution is 0.0942. The molecule has 2 atom stereocenters. The van der Waals surface area contributed by atoms with Crippen molar-refractivity contribution < 1.29 is 19.1 Å². The van der Waals surface area contributed by atoms with Gasteiger partial charge in [0.05, 0.1) is 31.2 Å². The van der Waals surface area contributed by atoms with Crippen LogP contribution in [-0.4, -0.2) is 25.3 Å². The molecule has 3 amide bonds. The first-order valence-corrected chi connectivity index (χ1v) is 10.5. The van der Waals surface area contributed by atoms with Crippen LogP contribution in [-0.2, 0) is 4.74 Å². The fourth-order valence-corrected chi connectivity index (χ4v) is 3.11. The van der Waals surface area contributed by atoms with Crippen LogP contribution in [0.4, 0.5) is 21.0 Å². The minimum Gasteiger partial charge on any atom is -0.495 e. The van der Waals surface area contributed by atoms with Crippen molar-refractivity contribution in [2.45, 2.75) is 45.3 Å². The minimum absolute atomic E-state index is 0.139. The van der Waals surface area contributed by atoms with Gasteiger partial charge in [-0.3, -0.25) is 0 Å². The molecule has 0 heterocycles. The summed E-state index contributed by atoms with van der Waals surface area (Å²) in [5, 5.41) is 26.1. The molecule has 0 saturated carbocycles. The summed E-state index contributed by atoms with van der Waals surface area (Å²) in [5.41, 5.74) is 2.17. The van der Waals surface area contributed by atoms with E-state index in [9.17, 15) is 9.59 Å². The first-order valence-electron chi connectivity index (χ1n) is 10.5. The summed E-state index contributed by atoms with van der Waals surface area (Å²) >= 11 is 0. The van der Waals surface area contributed by atoms with Crippen molar-refractivity contribution in [3.8, 4) is 17.9 Å². The van der Waals surface area contributed by atoms with Crippen molar-refractivity contribution in [2.75, 3.05) is 17.7 Å². The lowest BCUT2D eigenvalue weighted by Gasteiger charge is -2.20. The molecule has 9 heteroatoms. The maximum atomic E-state index is 12.4. The largest absolute Gasteiger partial charge is 0.495 e. The number of nitriles is 2. The third-order valence-electron chi connectivity index (χ3n) is 4.88. The molecule has 1 unspecified atom stereocenters. The number of amides is 3. The molecule has 2 aromatic carbocycles. The van der Waals surface area contributed by atoms with Gasteiger partial charge in [0, 0.05) is 17.4 Å². The van der Waals surface area contributed by atoms with Gasteiger partial charge in [0.15, 0.2) is 0 Å². The van der Waals surface area contributed by atoms with E-state index >= 15 is 0 Å². The number of benzene rings is 2. The number of carbonyl (C=O) groups excluding carboxylic acids is 2. The summed E-state index contributed by atoms with van der Waals surface area (Å²) in [7, 11) is 1.45. The van der Waals surface area contributed by atoms with Crippen molar-refractivity contribution in [3.63, 3.8) is 0 Å². The normalized spacial score (nSPS) is 11.8. The SMILES string of the molecule is CCC(NC(=O)O[C@@H](CC)CC#N)c1cccc(NC(=O)Nc2ccc(C#N)c(OC)c2)c1. The topological polar surface area (TPSA) is 136 Å². The van der Waals surface area contributed by atoms with Gasteiger partial charge in [-0.25, -0.2) is 9.59 Å². The van der Waals surface area contributed by atoms with Gasteiger partial charge in [0.25, 0.3) is 0 Å². The van der Waals surface area contributed by atoms with Crippen LogP contribution in [0.1, 0.15) is 50.3 Å². The zero-order chi connectivity index (χ0) is 24.2. The van der Waals surface area contributed by atoms with E-state index in [1.807, 2.05) is 32.1 Å². The molecule has 3 N–H and O–H groups in total. The zero-order valence-electron chi connectivity index (χ0n) is 18.8. The van der Waals surface area contributed by atoms with Crippen LogP contribution in [0.3, 0.4) is 0 Å². The van der Waals surface area contributed by atoms with Gasteiger partial charge in [0.1, 0.15) is 17.9 Å². The summed E-state index contributed by atoms with van der Waals surface area (Å²) in [6.07, 6.45) is 0.252. The number of anilines is 2. The Bertz CT molecular complexity index is 1060. The van der Waals surface area contributed by atoms with Crippen LogP contribution in [0.5, 0.6) is 5.75 Å². The molecule has 33 heavy (non-hydrogen) atoms. The van der Waals surface area contributed by atoms with Crippen molar-refractivity contribution in [1.29, 1.82) is 10.5 Å². The maximum absolute atomic E-state index is 12.4. The molecule has 2 rings (SSSR count). The number of urea groups is 1. The molecule has 0 aliphatic carbocycles. The highest BCUT2D eigenvalue weighted by molar-refractivity contribution is 6.00. The van der Waals surface area contributed by atoms with E-state index < -0.39 is 18.2 Å². The monoisotopic (exact) mass is 449 g/mol. The number of hydrogen-bond donors (Lipinski definition) is 3. The number of methoxy groups -OCH3 is 1. The van der Waals surface area contributed by atoms with Gasteiger partial charge in [-0.1, -0.05) is 26.0 Å². The standard InChI is InChI=1S/C24H27N5O4/c1-4-20(11-12-25)33-24(31)29-21(5-2)16-7-6-8-18(13-16)27-23(30)28-19-10-9-17(15-26)22(14-19)32-3/h6-10,13-14,20-21H,4-5,11H2,1-3H3,(H,29,31)(H2,27,28,30)/t20-,21?/m0/s1. The Hall–Kier alpha value is -4.24. The van der Waals surface area contributed by atoms with E-state index in [4.69, 9.17) is 20.0 Å². The number of nitrogens with one attached hydrogen (secondary N) is 3. The maximum Gasteiger partial charge on any atom is 0.407 e. The Balaban J connectivity index is 2.04. The molecule has 9 nitrogen and oxygen atoms in total. The lowest BCUT2D eigenvalue weighted by Crippen LogP contribution is -2.32. The molecular weight excluding hydrogens is 422 g/mol. The van der Waals surface area contributed by atoms with Crippen LogP contribution in [0.25, 0.3) is 0 Å². The highest BCUT2D eigenvalue weighted by Gasteiger charge is 2.18. The number of alkyl carbamates (subject to hydrolysis) is 1. The molecule has 0 spiro atoms. The third kappa shape index (κ3) is 7.44. The second-order valence-corrected chi connectivity index (χ2v) is 7.13. The Morgan fingerprint density at radius 1 is 1.03 bits per heavy atom. The molecule has 0 aliphatic heterocycles. The van der Waals surface area contributed by atoms with Crippen molar-refractivity contribution in [1.82, 2.24) is 5.32 Å². The fraction of sp³-hybridized carbons (Fsp3) is 0.333. The summed E-state index contributed by atoms with van der Waals surface area (Å²) in [6, 6.07) is 15.1. The molecule has 0 aromatic heterocycles. The number of carbonyl (C=O) groups is 2. The van der Waals surface area contributed by atoms with Crippen LogP contribution < -0.4 is 20.7 Å². The van der Waals surface area contributed by atoms with Crippen molar-refractivity contribution >= 4 is 23.5 Å². The van der Waals surface area contributed by atoms with E-state index in [0.29, 0.717) is 35.5 Å². The van der Waals surface area contributed by atoms with Crippen molar-refractivity contribution in [2.24, 2.45) is 0 Å². The molecule has 0 saturated heterocycles. The number of nitrogens with zero attached hydrogens (tertiary/aromatic N) is 2. The van der Waals surface area contributed by atoms with Crippen LogP contribution in [0.15, 0.2) is 42.5 Å². The van der Waals surface area contributed by atoms with Gasteiger partial charge in [-0.15, -0.1) is 0 Å². The Kier molecular flexibility index (Phi) is 9.54. The molecule has 0 radical (unpaired) electrons. The highest BCUT2D eigenvalue weighted by Crippen LogP contribution is 2.24. The minimum atomic E-state index is -0.588. The van der Waals surface area contributed by atoms with Crippen LogP contribution in [0, 0.1) is 22.7 Å². The summed E-state index contributed by atoms with van der Waals surface area (Å²) in [5.74, 6) is 0.362. The first kappa shape index (κ1) is 25.0. The fourth-order valence-electron chi connectivity index (χ4n) is 3.11. The lowest BCUT2D eigenvalue weighted by atomic mass is 10.0. The molecule has 0 bridgehead atoms. The Morgan fingerprint density at radius 3 is 2.36 bits per heavy atom. The highest BCUT2D eigenvalue weighted by atomic mass is 16.6. The van der Waals surface area contributed by atoms with E-state index in [-0.39, 0.29) is 12.5 Å². The molecule has 0 aliphatic rings.